The summed E-state index contributed by atoms with van der Waals surface area (Å²) >= 11 is 0. The van der Waals surface area contributed by atoms with Crippen molar-refractivity contribution in [1.29, 1.82) is 0 Å². The van der Waals surface area contributed by atoms with Gasteiger partial charge in [-0.3, -0.25) is 4.68 Å². The molecular weight excluding hydrogens is 202 g/mol. The zero-order valence-electron chi connectivity index (χ0n) is 10.6. The van der Waals surface area contributed by atoms with Gasteiger partial charge in [0, 0.05) is 6.54 Å². The molecule has 2 N–H and O–H groups in total. The Labute approximate surface area is 97.6 Å². The molecule has 0 saturated heterocycles. The fourth-order valence-corrected chi connectivity index (χ4v) is 1.59. The lowest BCUT2D eigenvalue weighted by Gasteiger charge is -2.17. The van der Waals surface area contributed by atoms with Gasteiger partial charge in [0.15, 0.2) is 0 Å². The molecule has 1 atom stereocenters. The van der Waals surface area contributed by atoms with E-state index in [9.17, 15) is 0 Å². The molecule has 0 aliphatic carbocycles. The molecule has 0 aliphatic rings. The van der Waals surface area contributed by atoms with Crippen LogP contribution in [0.25, 0.3) is 0 Å². The van der Waals surface area contributed by atoms with Crippen molar-refractivity contribution in [3.05, 3.63) is 11.9 Å². The summed E-state index contributed by atoms with van der Waals surface area (Å²) in [5, 5.41) is 8.17. The Morgan fingerprint density at radius 1 is 1.38 bits per heavy atom. The molecule has 0 amide bonds. The number of nitrogens with zero attached hydrogens (tertiary/aromatic N) is 4. The Hall–Kier alpha value is -0.940. The minimum Gasteiger partial charge on any atom is -0.323 e. The van der Waals surface area contributed by atoms with Crippen LogP contribution in [0, 0.1) is 0 Å². The topological polar surface area (TPSA) is 60.0 Å². The van der Waals surface area contributed by atoms with Crippen molar-refractivity contribution in [2.24, 2.45) is 5.73 Å². The van der Waals surface area contributed by atoms with E-state index in [0.717, 1.165) is 38.3 Å². The number of nitrogens with two attached hydrogens (primary N) is 1. The van der Waals surface area contributed by atoms with Crippen LogP contribution < -0.4 is 5.73 Å². The highest BCUT2D eigenvalue weighted by atomic mass is 15.4. The van der Waals surface area contributed by atoms with E-state index in [-0.39, 0.29) is 6.04 Å². The largest absolute Gasteiger partial charge is 0.323 e. The molecule has 0 saturated carbocycles. The number of rotatable bonds is 7. The molecule has 1 aromatic rings. The van der Waals surface area contributed by atoms with Crippen LogP contribution in [-0.4, -0.2) is 39.5 Å². The second-order valence-corrected chi connectivity index (χ2v) is 3.95. The van der Waals surface area contributed by atoms with Gasteiger partial charge in [-0.1, -0.05) is 26.0 Å². The molecule has 0 aromatic carbocycles. The lowest BCUT2D eigenvalue weighted by Crippen LogP contribution is -2.27. The monoisotopic (exact) mass is 225 g/mol. The lowest BCUT2D eigenvalue weighted by molar-refractivity contribution is 0.284. The van der Waals surface area contributed by atoms with E-state index < -0.39 is 0 Å². The van der Waals surface area contributed by atoms with Gasteiger partial charge in [-0.25, -0.2) is 0 Å². The molecule has 0 radical (unpaired) electrons. The summed E-state index contributed by atoms with van der Waals surface area (Å²) in [5.74, 6) is 0. The van der Waals surface area contributed by atoms with Gasteiger partial charge >= 0.3 is 0 Å². The molecule has 0 bridgehead atoms. The highest BCUT2D eigenvalue weighted by Crippen LogP contribution is 2.08. The first-order valence-corrected chi connectivity index (χ1v) is 6.09. The number of hydrogen-bond acceptors (Lipinski definition) is 4. The SMILES string of the molecule is CCC(N)c1cn(CCN(CC)CC)nn1. The fraction of sp³-hybridized carbons (Fsp3) is 0.818. The van der Waals surface area contributed by atoms with E-state index in [0.29, 0.717) is 0 Å². The van der Waals surface area contributed by atoms with Crippen molar-refractivity contribution in [2.45, 2.75) is 39.8 Å². The van der Waals surface area contributed by atoms with Gasteiger partial charge in [0.25, 0.3) is 0 Å². The van der Waals surface area contributed by atoms with Crippen LogP contribution >= 0.6 is 0 Å². The third-order valence-corrected chi connectivity index (χ3v) is 2.92. The number of likely N-dealkylation sites (N-methyl/N-ethyl adjacent to an activating group) is 1. The predicted molar refractivity (Wildman–Crippen MR) is 65.0 cm³/mol. The maximum atomic E-state index is 5.89. The molecule has 1 rings (SSSR count). The molecule has 16 heavy (non-hydrogen) atoms. The molecule has 5 nitrogen and oxygen atoms in total. The van der Waals surface area contributed by atoms with E-state index in [1.165, 1.54) is 0 Å². The van der Waals surface area contributed by atoms with Gasteiger partial charge in [0.1, 0.15) is 0 Å². The van der Waals surface area contributed by atoms with Crippen molar-refractivity contribution >= 4 is 0 Å². The predicted octanol–water partition coefficient (Wildman–Crippen LogP) is 1.03. The molecular formula is C11H23N5. The van der Waals surface area contributed by atoms with Gasteiger partial charge < -0.3 is 10.6 Å². The van der Waals surface area contributed by atoms with E-state index in [2.05, 4.69) is 36.0 Å². The first-order chi connectivity index (χ1) is 7.71. The molecule has 0 fully saturated rings. The van der Waals surface area contributed by atoms with Crippen molar-refractivity contribution in [3.8, 4) is 0 Å². The van der Waals surface area contributed by atoms with Crippen LogP contribution in [0.1, 0.15) is 38.9 Å². The van der Waals surface area contributed by atoms with Crippen molar-refractivity contribution in [2.75, 3.05) is 19.6 Å². The van der Waals surface area contributed by atoms with E-state index >= 15 is 0 Å². The zero-order valence-corrected chi connectivity index (χ0v) is 10.6. The molecule has 92 valence electrons. The fourth-order valence-electron chi connectivity index (χ4n) is 1.59. The van der Waals surface area contributed by atoms with Crippen LogP contribution in [0.3, 0.4) is 0 Å². The summed E-state index contributed by atoms with van der Waals surface area (Å²) in [7, 11) is 0. The maximum absolute atomic E-state index is 5.89. The Kier molecular flexibility index (Phi) is 5.42. The van der Waals surface area contributed by atoms with Crippen molar-refractivity contribution in [3.63, 3.8) is 0 Å². The molecule has 0 aliphatic heterocycles. The lowest BCUT2D eigenvalue weighted by atomic mass is 10.2. The normalized spacial score (nSPS) is 13.3. The van der Waals surface area contributed by atoms with Crippen LogP contribution in [0.4, 0.5) is 0 Å². The maximum Gasteiger partial charge on any atom is 0.0993 e. The quantitative estimate of drug-likeness (QED) is 0.753. The average Bonchev–Trinajstić information content (AvgIpc) is 2.78. The Morgan fingerprint density at radius 3 is 2.62 bits per heavy atom. The van der Waals surface area contributed by atoms with Crippen LogP contribution in [0.15, 0.2) is 6.20 Å². The van der Waals surface area contributed by atoms with Crippen molar-refractivity contribution in [1.82, 2.24) is 19.9 Å². The van der Waals surface area contributed by atoms with E-state index in [1.807, 2.05) is 10.9 Å². The third-order valence-electron chi connectivity index (χ3n) is 2.92. The molecule has 1 heterocycles. The van der Waals surface area contributed by atoms with Crippen molar-refractivity contribution < 1.29 is 0 Å². The van der Waals surface area contributed by atoms with E-state index in [1.54, 1.807) is 0 Å². The third kappa shape index (κ3) is 3.57. The second kappa shape index (κ2) is 6.60. The zero-order chi connectivity index (χ0) is 12.0. The Bertz CT molecular complexity index is 292. The standard InChI is InChI=1S/C11H23N5/c1-4-10(12)11-9-16(14-13-11)8-7-15(5-2)6-3/h9-10H,4-8,12H2,1-3H3. The molecule has 0 spiro atoms. The van der Waals surface area contributed by atoms with Gasteiger partial charge in [-0.15, -0.1) is 5.10 Å². The van der Waals surface area contributed by atoms with Gasteiger partial charge in [-0.05, 0) is 19.5 Å². The molecule has 1 aromatic heterocycles. The summed E-state index contributed by atoms with van der Waals surface area (Å²) in [6.45, 7) is 10.4. The molecule has 5 heteroatoms. The Balaban J connectivity index is 2.46. The first kappa shape index (κ1) is 13.1. The minimum atomic E-state index is 0.0159. The van der Waals surface area contributed by atoms with Crippen LogP contribution in [-0.2, 0) is 6.54 Å². The van der Waals surface area contributed by atoms with Crippen LogP contribution in [0.5, 0.6) is 0 Å². The second-order valence-electron chi connectivity index (χ2n) is 3.95. The summed E-state index contributed by atoms with van der Waals surface area (Å²) in [4.78, 5) is 2.36. The van der Waals surface area contributed by atoms with Gasteiger partial charge in [-0.2, -0.15) is 0 Å². The Morgan fingerprint density at radius 2 is 2.06 bits per heavy atom. The minimum absolute atomic E-state index is 0.0159. The summed E-state index contributed by atoms with van der Waals surface area (Å²) in [6.07, 6.45) is 2.85. The van der Waals surface area contributed by atoms with Gasteiger partial charge in [0.05, 0.1) is 24.5 Å². The number of hydrogen-bond donors (Lipinski definition) is 1. The average molecular weight is 225 g/mol. The summed E-state index contributed by atoms with van der Waals surface area (Å²) in [5.41, 5.74) is 6.78. The summed E-state index contributed by atoms with van der Waals surface area (Å²) < 4.78 is 1.88. The van der Waals surface area contributed by atoms with Gasteiger partial charge in [0.2, 0.25) is 0 Å². The van der Waals surface area contributed by atoms with E-state index in [4.69, 9.17) is 5.73 Å². The first-order valence-electron chi connectivity index (χ1n) is 6.09. The van der Waals surface area contributed by atoms with Crippen LogP contribution in [0.2, 0.25) is 0 Å². The summed E-state index contributed by atoms with van der Waals surface area (Å²) in [6, 6.07) is 0.0159. The highest BCUT2D eigenvalue weighted by molar-refractivity contribution is 4.98. The smallest absolute Gasteiger partial charge is 0.0993 e. The number of aromatic nitrogens is 3. The highest BCUT2D eigenvalue weighted by Gasteiger charge is 2.08. The molecule has 1 unspecified atom stereocenters.